The zero-order chi connectivity index (χ0) is 14.1. The molecule has 3 rings (SSSR count). The van der Waals surface area contributed by atoms with Gasteiger partial charge in [0, 0.05) is 19.1 Å². The van der Waals surface area contributed by atoms with Gasteiger partial charge in [0.1, 0.15) is 0 Å². The van der Waals surface area contributed by atoms with E-state index in [1.807, 2.05) is 31.2 Å². The molecule has 1 aromatic heterocycles. The molecule has 1 aliphatic heterocycles. The highest BCUT2D eigenvalue weighted by molar-refractivity contribution is 5.76. The number of fused-ring (bicyclic) bond motifs is 1. The van der Waals surface area contributed by atoms with Crippen molar-refractivity contribution in [3.05, 3.63) is 30.0 Å². The number of nitrogens with two attached hydrogens (primary N) is 1. The van der Waals surface area contributed by atoms with Gasteiger partial charge in [-0.3, -0.25) is 0 Å². The van der Waals surface area contributed by atoms with Crippen molar-refractivity contribution in [1.29, 1.82) is 0 Å². The van der Waals surface area contributed by atoms with Crippen LogP contribution in [-0.4, -0.2) is 29.1 Å². The van der Waals surface area contributed by atoms with Gasteiger partial charge in [-0.15, -0.1) is 0 Å². The number of anilines is 1. The zero-order valence-corrected chi connectivity index (χ0v) is 12.2. The van der Waals surface area contributed by atoms with Crippen LogP contribution in [0.2, 0.25) is 0 Å². The molecule has 1 saturated heterocycles. The molecular formula is C16H22N4. The van der Waals surface area contributed by atoms with Crippen molar-refractivity contribution in [3.8, 4) is 0 Å². The number of hydrogen-bond donors (Lipinski definition) is 1. The number of rotatable bonds is 2. The highest BCUT2D eigenvalue weighted by Crippen LogP contribution is 2.26. The molecule has 4 heteroatoms. The Bertz CT molecular complexity index is 610. The van der Waals surface area contributed by atoms with E-state index in [-0.39, 0.29) is 0 Å². The summed E-state index contributed by atoms with van der Waals surface area (Å²) in [6.07, 6.45) is 2.16. The second-order valence-electron chi connectivity index (χ2n) is 5.69. The minimum atomic E-state index is 0.324. The molecule has 1 aromatic carbocycles. The first kappa shape index (κ1) is 13.3. The second kappa shape index (κ2) is 5.37. The zero-order valence-electron chi connectivity index (χ0n) is 12.2. The maximum Gasteiger partial charge on any atom is 0.150 e. The molecule has 0 aliphatic carbocycles. The second-order valence-corrected chi connectivity index (χ2v) is 5.69. The number of aromatic nitrogens is 2. The van der Waals surface area contributed by atoms with E-state index in [4.69, 9.17) is 10.7 Å². The fourth-order valence-corrected chi connectivity index (χ4v) is 3.05. The first-order valence-electron chi connectivity index (χ1n) is 7.43. The van der Waals surface area contributed by atoms with Crippen molar-refractivity contribution in [1.82, 2.24) is 9.97 Å². The first-order valence-corrected chi connectivity index (χ1v) is 7.43. The molecule has 2 aromatic rings. The van der Waals surface area contributed by atoms with E-state index in [1.165, 1.54) is 0 Å². The van der Waals surface area contributed by atoms with Crippen molar-refractivity contribution in [2.75, 3.05) is 18.0 Å². The number of piperidine rings is 1. The monoisotopic (exact) mass is 270 g/mol. The Hall–Kier alpha value is -1.68. The van der Waals surface area contributed by atoms with Crippen LogP contribution < -0.4 is 10.6 Å². The first-order chi connectivity index (χ1) is 9.69. The molecule has 0 bridgehead atoms. The van der Waals surface area contributed by atoms with Gasteiger partial charge in [-0.1, -0.05) is 25.5 Å². The molecule has 0 saturated carbocycles. The molecule has 0 radical (unpaired) electrons. The van der Waals surface area contributed by atoms with E-state index in [0.717, 1.165) is 48.5 Å². The third-order valence-electron chi connectivity index (χ3n) is 4.34. The van der Waals surface area contributed by atoms with Crippen LogP contribution in [0.15, 0.2) is 24.3 Å². The molecule has 4 nitrogen and oxygen atoms in total. The summed E-state index contributed by atoms with van der Waals surface area (Å²) in [6, 6.07) is 8.38. The van der Waals surface area contributed by atoms with Gasteiger partial charge in [-0.05, 0) is 31.4 Å². The summed E-state index contributed by atoms with van der Waals surface area (Å²) < 4.78 is 0. The lowest BCUT2D eigenvalue weighted by Crippen LogP contribution is -2.47. The van der Waals surface area contributed by atoms with Crippen LogP contribution in [0.25, 0.3) is 11.0 Å². The molecule has 1 aliphatic rings. The summed E-state index contributed by atoms with van der Waals surface area (Å²) >= 11 is 0. The van der Waals surface area contributed by atoms with Gasteiger partial charge in [-0.2, -0.15) is 0 Å². The van der Waals surface area contributed by atoms with E-state index < -0.39 is 0 Å². The quantitative estimate of drug-likeness (QED) is 0.911. The lowest BCUT2D eigenvalue weighted by Gasteiger charge is -2.37. The summed E-state index contributed by atoms with van der Waals surface area (Å²) in [5, 5.41) is 0. The summed E-state index contributed by atoms with van der Waals surface area (Å²) in [7, 11) is 0. The molecule has 0 spiro atoms. The SMILES string of the molecule is CCC1CN(c2nc3ccccc3nc2C)CCC1N. The fourth-order valence-electron chi connectivity index (χ4n) is 3.05. The normalized spacial score (nSPS) is 23.2. The van der Waals surface area contributed by atoms with Crippen LogP contribution >= 0.6 is 0 Å². The van der Waals surface area contributed by atoms with E-state index in [1.54, 1.807) is 0 Å². The Morgan fingerprint density at radius 2 is 1.95 bits per heavy atom. The van der Waals surface area contributed by atoms with E-state index in [2.05, 4.69) is 16.8 Å². The Kier molecular flexibility index (Phi) is 3.57. The Labute approximate surface area is 120 Å². The standard InChI is InChI=1S/C16H22N4/c1-3-12-10-20(9-8-13(12)17)16-11(2)18-14-6-4-5-7-15(14)19-16/h4-7,12-13H,3,8-10,17H2,1-2H3. The van der Waals surface area contributed by atoms with E-state index in [0.29, 0.717) is 12.0 Å². The summed E-state index contributed by atoms with van der Waals surface area (Å²) in [6.45, 7) is 6.23. The smallest absolute Gasteiger partial charge is 0.150 e. The fraction of sp³-hybridized carbons (Fsp3) is 0.500. The summed E-state index contributed by atoms with van der Waals surface area (Å²) in [5.41, 5.74) is 9.14. The molecular weight excluding hydrogens is 248 g/mol. The van der Waals surface area contributed by atoms with Gasteiger partial charge >= 0.3 is 0 Å². The van der Waals surface area contributed by atoms with Crippen LogP contribution in [0.4, 0.5) is 5.82 Å². The van der Waals surface area contributed by atoms with Gasteiger partial charge in [0.15, 0.2) is 5.82 Å². The maximum atomic E-state index is 6.20. The minimum Gasteiger partial charge on any atom is -0.355 e. The van der Waals surface area contributed by atoms with Gasteiger partial charge in [-0.25, -0.2) is 9.97 Å². The largest absolute Gasteiger partial charge is 0.355 e. The minimum absolute atomic E-state index is 0.324. The van der Waals surface area contributed by atoms with Crippen LogP contribution in [0.1, 0.15) is 25.5 Å². The highest BCUT2D eigenvalue weighted by atomic mass is 15.2. The van der Waals surface area contributed by atoms with Crippen LogP contribution in [0.5, 0.6) is 0 Å². The average molecular weight is 270 g/mol. The van der Waals surface area contributed by atoms with Crippen molar-refractivity contribution in [2.45, 2.75) is 32.7 Å². The molecule has 2 atom stereocenters. The highest BCUT2D eigenvalue weighted by Gasteiger charge is 2.27. The molecule has 2 heterocycles. The van der Waals surface area contributed by atoms with Crippen molar-refractivity contribution in [3.63, 3.8) is 0 Å². The van der Waals surface area contributed by atoms with Crippen LogP contribution in [-0.2, 0) is 0 Å². The third kappa shape index (κ3) is 2.36. The summed E-state index contributed by atoms with van der Waals surface area (Å²) in [4.78, 5) is 11.9. The van der Waals surface area contributed by atoms with Gasteiger partial charge in [0.2, 0.25) is 0 Å². The molecule has 1 fully saturated rings. The molecule has 20 heavy (non-hydrogen) atoms. The number of para-hydroxylation sites is 2. The number of aryl methyl sites for hydroxylation is 1. The van der Waals surface area contributed by atoms with E-state index >= 15 is 0 Å². The topological polar surface area (TPSA) is 55.0 Å². The number of benzene rings is 1. The number of nitrogens with zero attached hydrogens (tertiary/aromatic N) is 3. The predicted molar refractivity (Wildman–Crippen MR) is 82.9 cm³/mol. The number of hydrogen-bond acceptors (Lipinski definition) is 4. The van der Waals surface area contributed by atoms with Crippen molar-refractivity contribution < 1.29 is 0 Å². The average Bonchev–Trinajstić information content (AvgIpc) is 2.47. The molecule has 2 N–H and O–H groups in total. The van der Waals surface area contributed by atoms with Gasteiger partial charge in [0.05, 0.1) is 16.7 Å². The van der Waals surface area contributed by atoms with Gasteiger partial charge < -0.3 is 10.6 Å². The Morgan fingerprint density at radius 1 is 1.25 bits per heavy atom. The van der Waals surface area contributed by atoms with Gasteiger partial charge in [0.25, 0.3) is 0 Å². The molecule has 106 valence electrons. The maximum absolute atomic E-state index is 6.20. The van der Waals surface area contributed by atoms with E-state index in [9.17, 15) is 0 Å². The Balaban J connectivity index is 1.95. The summed E-state index contributed by atoms with van der Waals surface area (Å²) in [5.74, 6) is 1.57. The molecule has 0 amide bonds. The van der Waals surface area contributed by atoms with Crippen LogP contribution in [0.3, 0.4) is 0 Å². The lowest BCUT2D eigenvalue weighted by atomic mass is 9.90. The predicted octanol–water partition coefficient (Wildman–Crippen LogP) is 2.50. The Morgan fingerprint density at radius 3 is 2.65 bits per heavy atom. The molecule has 2 unspecified atom stereocenters. The van der Waals surface area contributed by atoms with Crippen molar-refractivity contribution >= 4 is 16.9 Å². The third-order valence-corrected chi connectivity index (χ3v) is 4.34. The van der Waals surface area contributed by atoms with Crippen LogP contribution in [0, 0.1) is 12.8 Å². The van der Waals surface area contributed by atoms with Crippen molar-refractivity contribution in [2.24, 2.45) is 11.7 Å². The lowest BCUT2D eigenvalue weighted by molar-refractivity contribution is 0.346.